The molecule has 1 aliphatic rings. The lowest BCUT2D eigenvalue weighted by atomic mass is 9.95. The molecule has 2 aromatic carbocycles. The Balaban J connectivity index is 1.88. The van der Waals surface area contributed by atoms with E-state index in [4.69, 9.17) is 18.9 Å². The van der Waals surface area contributed by atoms with Crippen molar-refractivity contribution in [2.45, 2.75) is 46.6 Å². The van der Waals surface area contributed by atoms with Crippen LogP contribution in [-0.4, -0.2) is 54.2 Å². The van der Waals surface area contributed by atoms with Crippen LogP contribution in [0.2, 0.25) is 0 Å². The zero-order chi connectivity index (χ0) is 31.8. The molecule has 1 aliphatic heterocycles. The van der Waals surface area contributed by atoms with Crippen molar-refractivity contribution in [2.75, 3.05) is 31.3 Å². The van der Waals surface area contributed by atoms with Crippen LogP contribution >= 0.6 is 11.3 Å². The van der Waals surface area contributed by atoms with Crippen LogP contribution in [0.3, 0.4) is 0 Å². The molecule has 0 radical (unpaired) electrons. The molecule has 1 amide bonds. The fourth-order valence-corrected chi connectivity index (χ4v) is 5.65. The van der Waals surface area contributed by atoms with Gasteiger partial charge < -0.3 is 24.1 Å². The monoisotopic (exact) mass is 620 g/mol. The quantitative estimate of drug-likeness (QED) is 0.0545. The maximum Gasteiger partial charge on any atom is 0.350 e. The van der Waals surface area contributed by atoms with Crippen LogP contribution < -0.4 is 19.1 Å². The number of aliphatic hydroxyl groups is 1. The van der Waals surface area contributed by atoms with E-state index in [1.165, 1.54) is 11.0 Å². The minimum absolute atomic E-state index is 0.00495. The number of anilines is 1. The summed E-state index contributed by atoms with van der Waals surface area (Å²) in [6.45, 7) is 12.2. The van der Waals surface area contributed by atoms with E-state index in [0.717, 1.165) is 24.2 Å². The van der Waals surface area contributed by atoms with E-state index in [9.17, 15) is 19.5 Å². The molecule has 1 N–H and O–H groups in total. The van der Waals surface area contributed by atoms with Crippen molar-refractivity contribution in [1.29, 1.82) is 0 Å². The number of benzene rings is 2. The number of aromatic nitrogens is 1. The molecule has 11 heteroatoms. The van der Waals surface area contributed by atoms with Crippen LogP contribution in [0.1, 0.15) is 66.1 Å². The molecule has 1 atom stereocenters. The van der Waals surface area contributed by atoms with Crippen molar-refractivity contribution in [3.63, 3.8) is 0 Å². The number of carbonyl (C=O) groups excluding carboxylic acids is 3. The molecule has 1 unspecified atom stereocenters. The lowest BCUT2D eigenvalue weighted by Gasteiger charge is -2.24. The van der Waals surface area contributed by atoms with Crippen LogP contribution in [-0.2, 0) is 14.3 Å². The number of aryl methyl sites for hydroxylation is 1. The van der Waals surface area contributed by atoms with Gasteiger partial charge >= 0.3 is 11.9 Å². The first kappa shape index (κ1) is 32.3. The van der Waals surface area contributed by atoms with E-state index in [0.29, 0.717) is 53.9 Å². The van der Waals surface area contributed by atoms with Crippen LogP contribution in [0.5, 0.6) is 17.2 Å². The highest BCUT2D eigenvalue weighted by atomic mass is 32.1. The molecule has 44 heavy (non-hydrogen) atoms. The molecule has 2 heterocycles. The van der Waals surface area contributed by atoms with Gasteiger partial charge in [0, 0.05) is 5.56 Å². The highest BCUT2D eigenvalue weighted by Gasteiger charge is 2.48. The van der Waals surface area contributed by atoms with Gasteiger partial charge in [-0.1, -0.05) is 43.4 Å². The number of rotatable bonds is 14. The maximum atomic E-state index is 13.7. The Bertz CT molecular complexity index is 1560. The fraction of sp³-hybridized carbons (Fsp3) is 0.333. The van der Waals surface area contributed by atoms with Gasteiger partial charge in [0.1, 0.15) is 23.0 Å². The zero-order valence-corrected chi connectivity index (χ0v) is 26.1. The van der Waals surface area contributed by atoms with Crippen LogP contribution in [0.4, 0.5) is 5.13 Å². The number of ether oxygens (including phenoxy) is 4. The van der Waals surface area contributed by atoms with Gasteiger partial charge in [0.15, 0.2) is 16.6 Å². The Morgan fingerprint density at radius 1 is 1.05 bits per heavy atom. The van der Waals surface area contributed by atoms with Gasteiger partial charge in [0.05, 0.1) is 37.1 Å². The van der Waals surface area contributed by atoms with Crippen LogP contribution in [0.15, 0.2) is 60.7 Å². The Hall–Kier alpha value is -4.64. The van der Waals surface area contributed by atoms with Gasteiger partial charge in [-0.3, -0.25) is 14.5 Å². The fourth-order valence-electron chi connectivity index (χ4n) is 4.66. The van der Waals surface area contributed by atoms with E-state index in [1.807, 2.05) is 13.8 Å². The van der Waals surface area contributed by atoms with Crippen molar-refractivity contribution in [3.05, 3.63) is 82.4 Å². The second-order valence-corrected chi connectivity index (χ2v) is 10.7. The topological polar surface area (TPSA) is 124 Å². The molecule has 1 aromatic heterocycles. The molecular formula is C33H36N2O8S. The SMILES string of the molecule is C=CCOC(=O)c1sc(N2C(=O)C(=O)C(=C(O)c3ccc(OCC)cc3)C2c2ccc(OCCCC)c(OCC)c2)nc1C. The molecule has 0 bridgehead atoms. The number of amides is 1. The largest absolute Gasteiger partial charge is 0.507 e. The standard InChI is InChI=1S/C33H36N2O8S/c1-6-10-18-42-24-16-13-22(19-25(24)41-9-4)27-26(28(36)21-11-14-23(15-12-21)40-8-3)29(37)31(38)35(27)33-34-20(5)30(44-33)32(39)43-17-7-2/h7,11-16,19,27,36H,2,6,8-10,17-18H2,1,3-5H3. The van der Waals surface area contributed by atoms with Gasteiger partial charge in [-0.2, -0.15) is 0 Å². The number of nitrogens with zero attached hydrogens (tertiary/aromatic N) is 2. The zero-order valence-electron chi connectivity index (χ0n) is 25.3. The first-order chi connectivity index (χ1) is 21.2. The van der Waals surface area contributed by atoms with Gasteiger partial charge in [0.25, 0.3) is 5.78 Å². The average molecular weight is 621 g/mol. The number of carbonyl (C=O) groups is 3. The summed E-state index contributed by atoms with van der Waals surface area (Å²) in [6, 6.07) is 10.6. The number of ketones is 1. The molecule has 1 saturated heterocycles. The van der Waals surface area contributed by atoms with Gasteiger partial charge in [-0.25, -0.2) is 9.78 Å². The van der Waals surface area contributed by atoms with Gasteiger partial charge in [-0.15, -0.1) is 0 Å². The number of aliphatic hydroxyl groups excluding tert-OH is 1. The number of hydrogen-bond acceptors (Lipinski definition) is 10. The first-order valence-corrected chi connectivity index (χ1v) is 15.3. The van der Waals surface area contributed by atoms with E-state index >= 15 is 0 Å². The maximum absolute atomic E-state index is 13.7. The van der Waals surface area contributed by atoms with Crippen molar-refractivity contribution in [3.8, 4) is 17.2 Å². The third-order valence-electron chi connectivity index (χ3n) is 6.73. The van der Waals surface area contributed by atoms with Crippen molar-refractivity contribution in [2.24, 2.45) is 0 Å². The smallest absolute Gasteiger partial charge is 0.350 e. The molecular weight excluding hydrogens is 584 g/mol. The van der Waals surface area contributed by atoms with E-state index < -0.39 is 23.7 Å². The van der Waals surface area contributed by atoms with Crippen LogP contribution in [0, 0.1) is 6.92 Å². The minimum Gasteiger partial charge on any atom is -0.507 e. The number of unbranched alkanes of at least 4 members (excludes halogenated alkanes) is 1. The molecule has 3 aromatic rings. The van der Waals surface area contributed by atoms with E-state index in [-0.39, 0.29) is 27.9 Å². The summed E-state index contributed by atoms with van der Waals surface area (Å²) >= 11 is 0.924. The summed E-state index contributed by atoms with van der Waals surface area (Å²) in [6.07, 6.45) is 3.26. The van der Waals surface area contributed by atoms with Crippen molar-refractivity contribution in [1.82, 2.24) is 4.98 Å². The lowest BCUT2D eigenvalue weighted by molar-refractivity contribution is -0.132. The third-order valence-corrected chi connectivity index (χ3v) is 7.87. The summed E-state index contributed by atoms with van der Waals surface area (Å²) in [5.74, 6) is -1.24. The second-order valence-electron chi connectivity index (χ2n) is 9.77. The summed E-state index contributed by atoms with van der Waals surface area (Å²) in [4.78, 5) is 45.9. The molecule has 4 rings (SSSR count). The average Bonchev–Trinajstić information content (AvgIpc) is 3.53. The predicted octanol–water partition coefficient (Wildman–Crippen LogP) is 6.40. The minimum atomic E-state index is -1.09. The van der Waals surface area contributed by atoms with E-state index in [1.54, 1.807) is 49.4 Å². The van der Waals surface area contributed by atoms with Crippen molar-refractivity contribution < 1.29 is 38.4 Å². The summed E-state index contributed by atoms with van der Waals surface area (Å²) < 4.78 is 22.5. The number of thiazole rings is 1. The number of hydrogen-bond donors (Lipinski definition) is 1. The van der Waals surface area contributed by atoms with Gasteiger partial charge in [0.2, 0.25) is 0 Å². The summed E-state index contributed by atoms with van der Waals surface area (Å²) in [5.41, 5.74) is 1.00. The summed E-state index contributed by atoms with van der Waals surface area (Å²) in [5, 5.41) is 11.6. The molecule has 0 spiro atoms. The second kappa shape index (κ2) is 14.7. The Labute approximate surface area is 260 Å². The molecule has 1 fully saturated rings. The Kier molecular flexibility index (Phi) is 10.8. The first-order valence-electron chi connectivity index (χ1n) is 14.4. The molecule has 232 valence electrons. The predicted molar refractivity (Wildman–Crippen MR) is 168 cm³/mol. The van der Waals surface area contributed by atoms with Crippen molar-refractivity contribution >= 4 is 39.9 Å². The number of esters is 1. The Morgan fingerprint density at radius 3 is 2.43 bits per heavy atom. The lowest BCUT2D eigenvalue weighted by Crippen LogP contribution is -2.29. The normalized spacial score (nSPS) is 15.7. The third kappa shape index (κ3) is 6.78. The Morgan fingerprint density at radius 2 is 1.77 bits per heavy atom. The molecule has 0 aliphatic carbocycles. The van der Waals surface area contributed by atoms with Crippen LogP contribution in [0.25, 0.3) is 5.76 Å². The highest BCUT2D eigenvalue weighted by molar-refractivity contribution is 7.17. The van der Waals surface area contributed by atoms with Gasteiger partial charge in [-0.05, 0) is 69.2 Å². The van der Waals surface area contributed by atoms with E-state index in [2.05, 4.69) is 18.5 Å². The number of Topliss-reactive ketones (excluding diaryl/α,β-unsaturated/α-hetero) is 1. The molecule has 0 saturated carbocycles. The molecule has 10 nitrogen and oxygen atoms in total. The summed E-state index contributed by atoms with van der Waals surface area (Å²) in [7, 11) is 0. The highest BCUT2D eigenvalue weighted by Crippen LogP contribution is 2.45.